The molecule has 21 heavy (non-hydrogen) atoms. The van der Waals surface area contributed by atoms with Crippen LogP contribution in [0, 0.1) is 0 Å². The molecule has 0 N–H and O–H groups in total. The number of nitrogens with zero attached hydrogens (tertiary/aromatic N) is 1. The molecule has 0 atom stereocenters. The van der Waals surface area contributed by atoms with Crippen molar-refractivity contribution in [3.8, 4) is 5.75 Å². The zero-order chi connectivity index (χ0) is 14.8. The number of benzene rings is 1. The number of thiocarbonyl (C=S) groups is 1. The summed E-state index contributed by atoms with van der Waals surface area (Å²) < 4.78 is 5.67. The van der Waals surface area contributed by atoms with Crippen LogP contribution in [0.5, 0.6) is 5.75 Å². The van der Waals surface area contributed by atoms with Crippen LogP contribution in [0.3, 0.4) is 0 Å². The number of amides is 1. The quantitative estimate of drug-likeness (QED) is 0.623. The van der Waals surface area contributed by atoms with E-state index in [0.717, 1.165) is 16.3 Å². The van der Waals surface area contributed by atoms with Gasteiger partial charge < -0.3 is 4.74 Å². The average molecular weight is 333 g/mol. The molecular weight excluding hydrogens is 322 g/mol. The van der Waals surface area contributed by atoms with Crippen molar-refractivity contribution in [2.45, 2.75) is 0 Å². The Morgan fingerprint density at radius 1 is 1.24 bits per heavy atom. The molecule has 1 aromatic carbocycles. The number of anilines is 1. The Morgan fingerprint density at radius 3 is 2.62 bits per heavy atom. The number of methoxy groups -OCH3 is 1. The highest BCUT2D eigenvalue weighted by Gasteiger charge is 2.33. The van der Waals surface area contributed by atoms with Gasteiger partial charge in [0, 0.05) is 4.88 Å². The molecule has 1 fully saturated rings. The molecule has 1 aliphatic heterocycles. The van der Waals surface area contributed by atoms with Crippen LogP contribution in [-0.2, 0) is 4.79 Å². The van der Waals surface area contributed by atoms with Gasteiger partial charge in [-0.3, -0.25) is 9.69 Å². The van der Waals surface area contributed by atoms with E-state index in [-0.39, 0.29) is 5.91 Å². The molecule has 3 nitrogen and oxygen atoms in total. The van der Waals surface area contributed by atoms with Crippen molar-refractivity contribution in [1.29, 1.82) is 0 Å². The second-order valence-electron chi connectivity index (χ2n) is 4.23. The average Bonchev–Trinajstić information content (AvgIpc) is 3.09. The number of thiophene rings is 1. The number of hydrogen-bond acceptors (Lipinski definition) is 5. The zero-order valence-electron chi connectivity index (χ0n) is 11.1. The van der Waals surface area contributed by atoms with Gasteiger partial charge in [0.1, 0.15) is 5.75 Å². The Hall–Kier alpha value is -1.63. The molecule has 6 heteroatoms. The Morgan fingerprint density at radius 2 is 2.00 bits per heavy atom. The lowest BCUT2D eigenvalue weighted by molar-refractivity contribution is -0.113. The van der Waals surface area contributed by atoms with Crippen molar-refractivity contribution in [2.75, 3.05) is 12.0 Å². The van der Waals surface area contributed by atoms with Gasteiger partial charge in [0.2, 0.25) is 0 Å². The summed E-state index contributed by atoms with van der Waals surface area (Å²) in [6.07, 6.45) is 1.88. The topological polar surface area (TPSA) is 29.5 Å². The van der Waals surface area contributed by atoms with Gasteiger partial charge in [-0.05, 0) is 41.8 Å². The summed E-state index contributed by atoms with van der Waals surface area (Å²) in [5, 5.41) is 1.98. The molecule has 3 rings (SSSR count). The first kappa shape index (κ1) is 14.3. The standard InChI is InChI=1S/C15H11NO2S3/c1-18-11-6-4-10(5-7-11)16-14(17)13(21-15(16)19)9-12-3-2-8-20-12/h2-9H,1H3/b13-9+. The minimum Gasteiger partial charge on any atom is -0.497 e. The van der Waals surface area contributed by atoms with E-state index in [1.54, 1.807) is 23.3 Å². The van der Waals surface area contributed by atoms with E-state index in [0.29, 0.717) is 9.23 Å². The first-order chi connectivity index (χ1) is 10.2. The van der Waals surface area contributed by atoms with Crippen LogP contribution < -0.4 is 9.64 Å². The lowest BCUT2D eigenvalue weighted by atomic mass is 10.2. The van der Waals surface area contributed by atoms with Crippen LogP contribution >= 0.6 is 35.3 Å². The fourth-order valence-corrected chi connectivity index (χ4v) is 3.95. The lowest BCUT2D eigenvalue weighted by Gasteiger charge is -2.14. The largest absolute Gasteiger partial charge is 0.497 e. The summed E-state index contributed by atoms with van der Waals surface area (Å²) >= 11 is 8.26. The molecule has 0 spiro atoms. The second-order valence-corrected chi connectivity index (χ2v) is 6.89. The molecule has 1 saturated heterocycles. The fourth-order valence-electron chi connectivity index (χ4n) is 1.92. The highest BCUT2D eigenvalue weighted by molar-refractivity contribution is 8.27. The molecule has 1 amide bonds. The van der Waals surface area contributed by atoms with E-state index in [4.69, 9.17) is 17.0 Å². The molecule has 0 bridgehead atoms. The van der Waals surface area contributed by atoms with Crippen LogP contribution in [0.15, 0.2) is 46.7 Å². The predicted octanol–water partition coefficient (Wildman–Crippen LogP) is 4.16. The minimum absolute atomic E-state index is 0.0800. The summed E-state index contributed by atoms with van der Waals surface area (Å²) in [6, 6.07) is 11.2. The van der Waals surface area contributed by atoms with E-state index in [1.165, 1.54) is 11.8 Å². The van der Waals surface area contributed by atoms with Gasteiger partial charge in [0.05, 0.1) is 17.7 Å². The van der Waals surface area contributed by atoms with Crippen molar-refractivity contribution >= 4 is 57.3 Å². The van der Waals surface area contributed by atoms with Crippen LogP contribution in [0.1, 0.15) is 4.88 Å². The van der Waals surface area contributed by atoms with Gasteiger partial charge in [-0.1, -0.05) is 30.0 Å². The smallest absolute Gasteiger partial charge is 0.270 e. The predicted molar refractivity (Wildman–Crippen MR) is 93.0 cm³/mol. The van der Waals surface area contributed by atoms with E-state index >= 15 is 0 Å². The summed E-state index contributed by atoms with van der Waals surface area (Å²) in [5.41, 5.74) is 0.757. The number of rotatable bonds is 3. The van der Waals surface area contributed by atoms with Crippen LogP contribution in [0.2, 0.25) is 0 Å². The molecular formula is C15H11NO2S3. The van der Waals surface area contributed by atoms with Gasteiger partial charge in [-0.25, -0.2) is 0 Å². The maximum absolute atomic E-state index is 12.5. The highest BCUT2D eigenvalue weighted by Crippen LogP contribution is 2.36. The number of hydrogen-bond donors (Lipinski definition) is 0. The first-order valence-corrected chi connectivity index (χ1v) is 8.25. The number of carbonyl (C=O) groups is 1. The molecule has 106 valence electrons. The molecule has 0 aliphatic carbocycles. The number of thioether (sulfide) groups is 1. The molecule has 0 radical (unpaired) electrons. The molecule has 0 saturated carbocycles. The third-order valence-corrected chi connectivity index (χ3v) is 5.06. The Balaban J connectivity index is 1.90. The maximum Gasteiger partial charge on any atom is 0.270 e. The van der Waals surface area contributed by atoms with Gasteiger partial charge in [-0.2, -0.15) is 0 Å². The van der Waals surface area contributed by atoms with Gasteiger partial charge in [0.25, 0.3) is 5.91 Å². The number of carbonyl (C=O) groups excluding carboxylic acids is 1. The summed E-state index contributed by atoms with van der Waals surface area (Å²) in [4.78, 5) is 15.8. The molecule has 1 aromatic heterocycles. The third kappa shape index (κ3) is 2.88. The van der Waals surface area contributed by atoms with Crippen molar-refractivity contribution in [2.24, 2.45) is 0 Å². The normalized spacial score (nSPS) is 16.8. The van der Waals surface area contributed by atoms with E-state index < -0.39 is 0 Å². The zero-order valence-corrected chi connectivity index (χ0v) is 13.6. The monoisotopic (exact) mass is 333 g/mol. The van der Waals surface area contributed by atoms with Crippen molar-refractivity contribution in [3.63, 3.8) is 0 Å². The van der Waals surface area contributed by atoms with Gasteiger partial charge in [-0.15, -0.1) is 11.3 Å². The van der Waals surface area contributed by atoms with Gasteiger partial charge >= 0.3 is 0 Å². The highest BCUT2D eigenvalue weighted by atomic mass is 32.2. The lowest BCUT2D eigenvalue weighted by Crippen LogP contribution is -2.27. The van der Waals surface area contributed by atoms with Crippen LogP contribution in [0.25, 0.3) is 6.08 Å². The molecule has 2 aromatic rings. The van der Waals surface area contributed by atoms with Crippen LogP contribution in [0.4, 0.5) is 5.69 Å². The van der Waals surface area contributed by atoms with Crippen LogP contribution in [-0.4, -0.2) is 17.3 Å². The Labute approximate surface area is 136 Å². The second kappa shape index (κ2) is 6.01. The van der Waals surface area contributed by atoms with Crippen molar-refractivity contribution in [1.82, 2.24) is 0 Å². The third-order valence-electron chi connectivity index (χ3n) is 2.94. The maximum atomic E-state index is 12.5. The van der Waals surface area contributed by atoms with E-state index in [2.05, 4.69) is 0 Å². The van der Waals surface area contributed by atoms with E-state index in [1.807, 2.05) is 47.9 Å². The number of ether oxygens (including phenoxy) is 1. The van der Waals surface area contributed by atoms with Crippen molar-refractivity contribution < 1.29 is 9.53 Å². The summed E-state index contributed by atoms with van der Waals surface area (Å²) in [6.45, 7) is 0. The van der Waals surface area contributed by atoms with E-state index in [9.17, 15) is 4.79 Å². The van der Waals surface area contributed by atoms with Gasteiger partial charge in [0.15, 0.2) is 4.32 Å². The summed E-state index contributed by atoms with van der Waals surface area (Å²) in [7, 11) is 1.61. The summed E-state index contributed by atoms with van der Waals surface area (Å²) in [5.74, 6) is 0.668. The fraction of sp³-hybridized carbons (Fsp3) is 0.0667. The molecule has 0 unspecified atom stereocenters. The first-order valence-electron chi connectivity index (χ1n) is 6.14. The molecule has 1 aliphatic rings. The minimum atomic E-state index is -0.0800. The molecule has 2 heterocycles. The SMILES string of the molecule is COc1ccc(N2C(=O)/C(=C\c3cccs3)SC2=S)cc1. The Bertz CT molecular complexity index is 705. The van der Waals surface area contributed by atoms with Crippen molar-refractivity contribution in [3.05, 3.63) is 51.6 Å². The Kier molecular flexibility index (Phi) is 4.10.